The molecule has 1 aliphatic rings. The normalized spacial score (nSPS) is 17.0. The van der Waals surface area contributed by atoms with Crippen LogP contribution < -0.4 is 0 Å². The third-order valence-corrected chi connectivity index (χ3v) is 5.72. The maximum atomic E-state index is 13.9. The Morgan fingerprint density at radius 3 is 2.76 bits per heavy atom. The highest BCUT2D eigenvalue weighted by molar-refractivity contribution is 6.35. The van der Waals surface area contributed by atoms with E-state index in [0.29, 0.717) is 40.9 Å². The zero-order valence-electron chi connectivity index (χ0n) is 15.6. The Morgan fingerprint density at radius 2 is 2.03 bits per heavy atom. The van der Waals surface area contributed by atoms with Gasteiger partial charge in [0.05, 0.1) is 18.1 Å². The van der Waals surface area contributed by atoms with E-state index in [1.807, 2.05) is 13.0 Å². The van der Waals surface area contributed by atoms with Gasteiger partial charge in [-0.15, -0.1) is 0 Å². The minimum absolute atomic E-state index is 0.0651. The van der Waals surface area contributed by atoms with Crippen molar-refractivity contribution in [1.82, 2.24) is 19.8 Å². The summed E-state index contributed by atoms with van der Waals surface area (Å²) in [4.78, 5) is 23.3. The van der Waals surface area contributed by atoms with Crippen molar-refractivity contribution < 1.29 is 13.6 Å². The van der Waals surface area contributed by atoms with E-state index in [-0.39, 0.29) is 24.1 Å². The number of rotatable bonds is 5. The summed E-state index contributed by atoms with van der Waals surface area (Å²) in [5.74, 6) is -1.55. The number of carbonyl (C=O) groups excluding carboxylic acids is 1. The summed E-state index contributed by atoms with van der Waals surface area (Å²) >= 11 is 12.3. The van der Waals surface area contributed by atoms with Gasteiger partial charge in [-0.3, -0.25) is 0 Å². The Labute approximate surface area is 176 Å². The van der Waals surface area contributed by atoms with Gasteiger partial charge in [-0.05, 0) is 43.2 Å². The number of aromatic nitrogens is 2. The molecule has 0 radical (unpaired) electrons. The van der Waals surface area contributed by atoms with Crippen LogP contribution in [0.15, 0.2) is 30.3 Å². The van der Waals surface area contributed by atoms with Crippen molar-refractivity contribution in [3.8, 4) is 0 Å². The number of nitrogens with one attached hydrogen (secondary N) is 1. The fourth-order valence-electron chi connectivity index (χ4n) is 3.73. The van der Waals surface area contributed by atoms with E-state index in [1.165, 1.54) is 6.07 Å². The first kappa shape index (κ1) is 19.9. The van der Waals surface area contributed by atoms with Crippen molar-refractivity contribution in [3.05, 3.63) is 63.4 Å². The lowest BCUT2D eigenvalue weighted by Crippen LogP contribution is -2.35. The van der Waals surface area contributed by atoms with Gasteiger partial charge in [0.15, 0.2) is 11.6 Å². The lowest BCUT2D eigenvalue weighted by atomic mass is 10.1. The molecule has 1 aliphatic heterocycles. The topological polar surface area (TPSA) is 52.2 Å². The first-order chi connectivity index (χ1) is 13.9. The standard InChI is InChI=1S/C20H18Cl2F2N4O/c1-2-28-13(7-11-3-4-12(21)8-14(11)22)9-27(20(28)29)10-17-25-16-6-5-15(23)18(24)19(16)26-17/h3-6,8,13H,2,7,9-10H2,1H3,(H,25,26). The summed E-state index contributed by atoms with van der Waals surface area (Å²) in [6, 6.07) is 7.60. The lowest BCUT2D eigenvalue weighted by molar-refractivity contribution is 0.186. The van der Waals surface area contributed by atoms with Gasteiger partial charge in [0.25, 0.3) is 0 Å². The number of hydrogen-bond acceptors (Lipinski definition) is 2. The largest absolute Gasteiger partial charge is 0.340 e. The lowest BCUT2D eigenvalue weighted by Gasteiger charge is -2.21. The van der Waals surface area contributed by atoms with Crippen LogP contribution in [0.2, 0.25) is 10.0 Å². The maximum Gasteiger partial charge on any atom is 0.320 e. The van der Waals surface area contributed by atoms with Crippen molar-refractivity contribution in [1.29, 1.82) is 0 Å². The molecule has 3 aromatic rings. The maximum absolute atomic E-state index is 13.9. The van der Waals surface area contributed by atoms with Crippen molar-refractivity contribution >= 4 is 40.3 Å². The minimum atomic E-state index is -0.997. The molecule has 4 rings (SSSR count). The molecule has 5 nitrogen and oxygen atoms in total. The number of fused-ring (bicyclic) bond motifs is 1. The third kappa shape index (κ3) is 3.76. The molecule has 1 atom stereocenters. The summed E-state index contributed by atoms with van der Waals surface area (Å²) in [7, 11) is 0. The number of benzene rings is 2. The molecule has 2 heterocycles. The Kier molecular flexibility index (Phi) is 5.36. The molecule has 0 aliphatic carbocycles. The predicted molar refractivity (Wildman–Crippen MR) is 108 cm³/mol. The molecule has 1 N–H and O–H groups in total. The van der Waals surface area contributed by atoms with Gasteiger partial charge < -0.3 is 14.8 Å². The van der Waals surface area contributed by atoms with Gasteiger partial charge in [-0.1, -0.05) is 29.3 Å². The molecule has 1 unspecified atom stereocenters. The first-order valence-corrected chi connectivity index (χ1v) is 9.95. The number of H-pyrrole nitrogens is 1. The van der Waals surface area contributed by atoms with Gasteiger partial charge in [-0.25, -0.2) is 18.6 Å². The number of urea groups is 1. The molecule has 9 heteroatoms. The van der Waals surface area contributed by atoms with Crippen LogP contribution >= 0.6 is 23.2 Å². The molecular formula is C20H18Cl2F2N4O. The highest BCUT2D eigenvalue weighted by Gasteiger charge is 2.36. The molecule has 1 fully saturated rings. The molecule has 0 saturated carbocycles. The van der Waals surface area contributed by atoms with Crippen LogP contribution in [-0.2, 0) is 13.0 Å². The quantitative estimate of drug-likeness (QED) is 0.607. The van der Waals surface area contributed by atoms with Crippen LogP contribution in [0.3, 0.4) is 0 Å². The van der Waals surface area contributed by atoms with E-state index in [2.05, 4.69) is 9.97 Å². The number of aromatic amines is 1. The number of nitrogens with zero attached hydrogens (tertiary/aromatic N) is 3. The second kappa shape index (κ2) is 7.80. The second-order valence-electron chi connectivity index (χ2n) is 6.98. The van der Waals surface area contributed by atoms with Gasteiger partial charge in [0, 0.05) is 23.1 Å². The van der Waals surface area contributed by atoms with Crippen LogP contribution in [0.4, 0.5) is 13.6 Å². The highest BCUT2D eigenvalue weighted by Crippen LogP contribution is 2.27. The molecule has 29 heavy (non-hydrogen) atoms. The fourth-order valence-corrected chi connectivity index (χ4v) is 4.22. The van der Waals surface area contributed by atoms with E-state index in [9.17, 15) is 13.6 Å². The fraction of sp³-hybridized carbons (Fsp3) is 0.300. The Balaban J connectivity index is 1.54. The van der Waals surface area contributed by atoms with Gasteiger partial charge in [0.2, 0.25) is 0 Å². The van der Waals surface area contributed by atoms with Gasteiger partial charge in [0.1, 0.15) is 11.3 Å². The van der Waals surface area contributed by atoms with Crippen LogP contribution in [0.5, 0.6) is 0 Å². The van der Waals surface area contributed by atoms with E-state index in [1.54, 1.807) is 21.9 Å². The zero-order valence-corrected chi connectivity index (χ0v) is 17.1. The summed E-state index contributed by atoms with van der Waals surface area (Å²) < 4.78 is 27.3. The molecule has 2 aromatic carbocycles. The van der Waals surface area contributed by atoms with Crippen molar-refractivity contribution in [3.63, 3.8) is 0 Å². The van der Waals surface area contributed by atoms with Crippen LogP contribution in [0.1, 0.15) is 18.3 Å². The monoisotopic (exact) mass is 438 g/mol. The zero-order chi connectivity index (χ0) is 20.7. The van der Waals surface area contributed by atoms with Crippen molar-refractivity contribution in [2.45, 2.75) is 25.9 Å². The molecule has 2 amide bonds. The van der Waals surface area contributed by atoms with Crippen LogP contribution in [0, 0.1) is 11.6 Å². The molecule has 152 valence electrons. The Hall–Kier alpha value is -2.38. The van der Waals surface area contributed by atoms with E-state index >= 15 is 0 Å². The van der Waals surface area contributed by atoms with Crippen LogP contribution in [0.25, 0.3) is 11.0 Å². The SMILES string of the molecule is CCN1C(=O)N(Cc2nc3c(F)c(F)ccc3[nH]2)CC1Cc1ccc(Cl)cc1Cl. The number of halogens is 4. The molecule has 0 bridgehead atoms. The number of carbonyl (C=O) groups is 1. The van der Waals surface area contributed by atoms with E-state index in [4.69, 9.17) is 23.2 Å². The van der Waals surface area contributed by atoms with Crippen molar-refractivity contribution in [2.24, 2.45) is 0 Å². The van der Waals surface area contributed by atoms with Crippen LogP contribution in [-0.4, -0.2) is 44.9 Å². The Morgan fingerprint density at radius 1 is 1.24 bits per heavy atom. The van der Waals surface area contributed by atoms with Gasteiger partial charge >= 0.3 is 6.03 Å². The second-order valence-corrected chi connectivity index (χ2v) is 7.83. The van der Waals surface area contributed by atoms with Crippen molar-refractivity contribution in [2.75, 3.05) is 13.1 Å². The van der Waals surface area contributed by atoms with Gasteiger partial charge in [-0.2, -0.15) is 0 Å². The average molecular weight is 439 g/mol. The predicted octanol–water partition coefficient (Wildman–Crippen LogP) is 5.02. The summed E-state index contributed by atoms with van der Waals surface area (Å²) in [5, 5.41) is 1.12. The molecule has 1 aromatic heterocycles. The number of imidazole rings is 1. The third-order valence-electron chi connectivity index (χ3n) is 5.13. The summed E-state index contributed by atoms with van der Waals surface area (Å²) in [6.07, 6.45) is 0.589. The number of amides is 2. The number of hydrogen-bond donors (Lipinski definition) is 1. The summed E-state index contributed by atoms with van der Waals surface area (Å²) in [6.45, 7) is 3.11. The highest BCUT2D eigenvalue weighted by atomic mass is 35.5. The smallest absolute Gasteiger partial charge is 0.320 e. The molecular weight excluding hydrogens is 421 g/mol. The molecule has 0 spiro atoms. The number of likely N-dealkylation sites (N-methyl/N-ethyl adjacent to an activating group) is 1. The minimum Gasteiger partial charge on any atom is -0.340 e. The van der Waals surface area contributed by atoms with E-state index in [0.717, 1.165) is 11.6 Å². The Bertz CT molecular complexity index is 1090. The average Bonchev–Trinajstić information content (AvgIpc) is 3.22. The summed E-state index contributed by atoms with van der Waals surface area (Å²) in [5.41, 5.74) is 1.24. The van der Waals surface area contributed by atoms with E-state index < -0.39 is 11.6 Å². The molecule has 1 saturated heterocycles. The first-order valence-electron chi connectivity index (χ1n) is 9.19.